The predicted molar refractivity (Wildman–Crippen MR) is 84.2 cm³/mol. The Morgan fingerprint density at radius 1 is 1.27 bits per heavy atom. The molecule has 1 aliphatic heterocycles. The second-order valence-corrected chi connectivity index (χ2v) is 5.51. The lowest BCUT2D eigenvalue weighted by atomic mass is 10.3. The van der Waals surface area contributed by atoms with Crippen molar-refractivity contribution in [2.24, 2.45) is 0 Å². The molecule has 0 aromatic carbocycles. The predicted octanol–water partition coefficient (Wildman–Crippen LogP) is 1.10. The van der Waals surface area contributed by atoms with E-state index in [1.807, 2.05) is 30.4 Å². The van der Waals surface area contributed by atoms with Crippen LogP contribution in [-0.2, 0) is 4.79 Å². The number of piperazine rings is 1. The SMILES string of the molecule is CCC(=O)N1CCN(n2cnc3cnc4[nH]ccc4c32)CC1. The molecule has 1 saturated heterocycles. The molecule has 0 bridgehead atoms. The largest absolute Gasteiger partial charge is 0.346 e. The van der Waals surface area contributed by atoms with Crippen molar-refractivity contribution in [3.8, 4) is 0 Å². The summed E-state index contributed by atoms with van der Waals surface area (Å²) in [7, 11) is 0. The van der Waals surface area contributed by atoms with Gasteiger partial charge in [-0.25, -0.2) is 14.6 Å². The molecule has 4 rings (SSSR count). The molecule has 7 nitrogen and oxygen atoms in total. The van der Waals surface area contributed by atoms with Crippen molar-refractivity contribution in [1.82, 2.24) is 24.5 Å². The Morgan fingerprint density at radius 3 is 2.86 bits per heavy atom. The van der Waals surface area contributed by atoms with Gasteiger partial charge in [-0.15, -0.1) is 0 Å². The Morgan fingerprint density at radius 2 is 2.09 bits per heavy atom. The number of pyridine rings is 1. The number of H-pyrrole nitrogens is 1. The first-order chi connectivity index (χ1) is 10.8. The molecule has 0 radical (unpaired) electrons. The summed E-state index contributed by atoms with van der Waals surface area (Å²) < 4.78 is 2.10. The molecule has 0 saturated carbocycles. The van der Waals surface area contributed by atoms with E-state index in [0.717, 1.165) is 48.2 Å². The number of carbonyl (C=O) groups excluding carboxylic acids is 1. The Hall–Kier alpha value is -2.57. The monoisotopic (exact) mass is 298 g/mol. The van der Waals surface area contributed by atoms with Crippen molar-refractivity contribution >= 4 is 28.0 Å². The summed E-state index contributed by atoms with van der Waals surface area (Å²) in [5.74, 6) is 0.229. The van der Waals surface area contributed by atoms with Crippen LogP contribution in [0.4, 0.5) is 0 Å². The number of nitrogens with zero attached hydrogens (tertiary/aromatic N) is 5. The summed E-state index contributed by atoms with van der Waals surface area (Å²) in [5, 5.41) is 3.31. The van der Waals surface area contributed by atoms with Crippen LogP contribution >= 0.6 is 0 Å². The van der Waals surface area contributed by atoms with Gasteiger partial charge >= 0.3 is 0 Å². The van der Waals surface area contributed by atoms with Crippen molar-refractivity contribution in [3.05, 3.63) is 24.8 Å². The van der Waals surface area contributed by atoms with Gasteiger partial charge in [0.05, 0.1) is 19.3 Å². The van der Waals surface area contributed by atoms with Gasteiger partial charge in [0.2, 0.25) is 5.91 Å². The maximum absolute atomic E-state index is 11.8. The number of amides is 1. The van der Waals surface area contributed by atoms with Crippen LogP contribution in [0.25, 0.3) is 22.1 Å². The van der Waals surface area contributed by atoms with Gasteiger partial charge < -0.3 is 14.9 Å². The van der Waals surface area contributed by atoms with Crippen molar-refractivity contribution in [2.75, 3.05) is 31.2 Å². The quantitative estimate of drug-likeness (QED) is 0.769. The highest BCUT2D eigenvalue weighted by atomic mass is 16.2. The molecule has 0 unspecified atom stereocenters. The van der Waals surface area contributed by atoms with E-state index in [4.69, 9.17) is 0 Å². The number of hydrogen-bond acceptors (Lipinski definition) is 4. The van der Waals surface area contributed by atoms with Gasteiger partial charge in [-0.3, -0.25) is 4.79 Å². The molecule has 1 N–H and O–H groups in total. The minimum Gasteiger partial charge on any atom is -0.346 e. The van der Waals surface area contributed by atoms with E-state index >= 15 is 0 Å². The molecule has 3 aromatic heterocycles. The zero-order valence-corrected chi connectivity index (χ0v) is 12.5. The Bertz CT molecular complexity index is 827. The second kappa shape index (κ2) is 5.01. The first-order valence-corrected chi connectivity index (χ1v) is 7.60. The number of rotatable bonds is 2. The lowest BCUT2D eigenvalue weighted by Gasteiger charge is -2.36. The first kappa shape index (κ1) is 13.1. The van der Waals surface area contributed by atoms with Gasteiger partial charge in [0, 0.05) is 31.1 Å². The first-order valence-electron chi connectivity index (χ1n) is 7.60. The molecular formula is C15H18N6O. The van der Waals surface area contributed by atoms with Crippen LogP contribution in [0.2, 0.25) is 0 Å². The van der Waals surface area contributed by atoms with Crippen LogP contribution < -0.4 is 5.01 Å². The van der Waals surface area contributed by atoms with Crippen molar-refractivity contribution in [1.29, 1.82) is 0 Å². The fraction of sp³-hybridized carbons (Fsp3) is 0.400. The Labute approximate surface area is 127 Å². The van der Waals surface area contributed by atoms with Crippen LogP contribution in [-0.4, -0.2) is 56.6 Å². The molecule has 0 atom stereocenters. The average molecular weight is 298 g/mol. The fourth-order valence-electron chi connectivity index (χ4n) is 3.09. The highest BCUT2D eigenvalue weighted by Gasteiger charge is 2.22. The van der Waals surface area contributed by atoms with E-state index in [0.29, 0.717) is 6.42 Å². The number of aromatic nitrogens is 4. The van der Waals surface area contributed by atoms with Gasteiger partial charge in [-0.1, -0.05) is 6.92 Å². The summed E-state index contributed by atoms with van der Waals surface area (Å²) in [6.07, 6.45) is 6.10. The van der Waals surface area contributed by atoms with Crippen molar-refractivity contribution < 1.29 is 4.79 Å². The molecule has 1 amide bonds. The number of aromatic amines is 1. The van der Waals surface area contributed by atoms with Crippen molar-refractivity contribution in [3.63, 3.8) is 0 Å². The van der Waals surface area contributed by atoms with Crippen LogP contribution in [0.5, 0.6) is 0 Å². The van der Waals surface area contributed by atoms with Gasteiger partial charge in [0.15, 0.2) is 0 Å². The Kier molecular flexibility index (Phi) is 2.99. The van der Waals surface area contributed by atoms with Crippen LogP contribution in [0.3, 0.4) is 0 Å². The third-order valence-corrected chi connectivity index (χ3v) is 4.29. The van der Waals surface area contributed by atoms with Crippen molar-refractivity contribution in [2.45, 2.75) is 13.3 Å². The smallest absolute Gasteiger partial charge is 0.222 e. The fourth-order valence-corrected chi connectivity index (χ4v) is 3.09. The third kappa shape index (κ3) is 1.93. The van der Waals surface area contributed by atoms with Crippen LogP contribution in [0.15, 0.2) is 24.8 Å². The van der Waals surface area contributed by atoms with E-state index in [9.17, 15) is 4.79 Å². The molecule has 1 fully saturated rings. The highest BCUT2D eigenvalue weighted by Crippen LogP contribution is 2.22. The summed E-state index contributed by atoms with van der Waals surface area (Å²) in [4.78, 5) is 25.7. The molecule has 7 heteroatoms. The standard InChI is InChI=1S/C15H18N6O/c1-2-13(22)19-5-7-20(8-6-19)21-10-18-12-9-17-15-11(14(12)21)3-4-16-15/h3-4,9-10H,2,5-8H2,1H3,(H,16,17). The minimum absolute atomic E-state index is 0.229. The number of imidazole rings is 1. The topological polar surface area (TPSA) is 70.1 Å². The zero-order chi connectivity index (χ0) is 15.1. The van der Waals surface area contributed by atoms with E-state index in [2.05, 4.69) is 24.6 Å². The third-order valence-electron chi connectivity index (χ3n) is 4.29. The number of fused-ring (bicyclic) bond motifs is 3. The lowest BCUT2D eigenvalue weighted by molar-refractivity contribution is -0.131. The van der Waals surface area contributed by atoms with Gasteiger partial charge in [0.25, 0.3) is 0 Å². The molecule has 3 aromatic rings. The molecule has 0 aliphatic carbocycles. The summed E-state index contributed by atoms with van der Waals surface area (Å²) in [6.45, 7) is 5.05. The maximum Gasteiger partial charge on any atom is 0.222 e. The molecule has 1 aliphatic rings. The normalized spacial score (nSPS) is 15.9. The van der Waals surface area contributed by atoms with Crippen LogP contribution in [0, 0.1) is 0 Å². The number of hydrogen-bond donors (Lipinski definition) is 1. The molecular weight excluding hydrogens is 280 g/mol. The van der Waals surface area contributed by atoms with E-state index in [1.165, 1.54) is 0 Å². The number of carbonyl (C=O) groups is 1. The maximum atomic E-state index is 11.8. The Balaban J connectivity index is 1.68. The summed E-state index contributed by atoms with van der Waals surface area (Å²) >= 11 is 0. The van der Waals surface area contributed by atoms with E-state index in [1.54, 1.807) is 6.20 Å². The summed E-state index contributed by atoms with van der Waals surface area (Å²) in [5.41, 5.74) is 2.83. The van der Waals surface area contributed by atoms with Crippen LogP contribution in [0.1, 0.15) is 13.3 Å². The second-order valence-electron chi connectivity index (χ2n) is 5.51. The minimum atomic E-state index is 0.229. The molecule has 114 valence electrons. The number of nitrogens with one attached hydrogen (secondary N) is 1. The molecule has 0 spiro atoms. The van der Waals surface area contributed by atoms with Gasteiger partial charge in [-0.2, -0.15) is 0 Å². The lowest BCUT2D eigenvalue weighted by Crippen LogP contribution is -2.52. The average Bonchev–Trinajstić information content (AvgIpc) is 3.19. The molecule has 22 heavy (non-hydrogen) atoms. The van der Waals surface area contributed by atoms with Gasteiger partial charge in [-0.05, 0) is 6.07 Å². The van der Waals surface area contributed by atoms with Gasteiger partial charge in [0.1, 0.15) is 23.0 Å². The highest BCUT2D eigenvalue weighted by molar-refractivity contribution is 6.01. The van der Waals surface area contributed by atoms with E-state index < -0.39 is 0 Å². The summed E-state index contributed by atoms with van der Waals surface area (Å²) in [6, 6.07) is 2.03. The van der Waals surface area contributed by atoms with E-state index in [-0.39, 0.29) is 5.91 Å². The zero-order valence-electron chi connectivity index (χ0n) is 12.5. The molecule has 4 heterocycles.